The van der Waals surface area contributed by atoms with E-state index in [1.165, 1.54) is 10.9 Å². The van der Waals surface area contributed by atoms with Crippen molar-refractivity contribution >= 4 is 20.9 Å². The Morgan fingerprint density at radius 3 is 2.96 bits per heavy atom. The Balaban J connectivity index is 1.60. The van der Waals surface area contributed by atoms with E-state index < -0.39 is 10.0 Å². The van der Waals surface area contributed by atoms with Crippen molar-refractivity contribution in [3.63, 3.8) is 0 Å². The van der Waals surface area contributed by atoms with Crippen molar-refractivity contribution < 1.29 is 13.2 Å². The summed E-state index contributed by atoms with van der Waals surface area (Å²) in [6, 6.07) is 6.27. The predicted molar refractivity (Wildman–Crippen MR) is 92.1 cm³/mol. The number of rotatable bonds is 7. The highest BCUT2D eigenvalue weighted by Gasteiger charge is 2.22. The molecule has 6 heteroatoms. The number of aromatic nitrogens is 1. The van der Waals surface area contributed by atoms with E-state index in [0.29, 0.717) is 26.2 Å². The van der Waals surface area contributed by atoms with Crippen molar-refractivity contribution in [3.05, 3.63) is 35.5 Å². The molecule has 0 aliphatic carbocycles. The van der Waals surface area contributed by atoms with E-state index >= 15 is 0 Å². The molecule has 0 radical (unpaired) electrons. The number of aromatic amines is 1. The van der Waals surface area contributed by atoms with E-state index in [1.807, 2.05) is 6.20 Å². The van der Waals surface area contributed by atoms with Gasteiger partial charge in [-0.25, -0.2) is 13.1 Å². The van der Waals surface area contributed by atoms with Gasteiger partial charge in [0, 0.05) is 30.3 Å². The van der Waals surface area contributed by atoms with Gasteiger partial charge in [-0.05, 0) is 36.3 Å². The zero-order chi connectivity index (χ0) is 16.3. The number of hydrogen-bond donors (Lipinski definition) is 2. The summed E-state index contributed by atoms with van der Waals surface area (Å²) >= 11 is 0. The molecular formula is C17H24N2O3S. The molecule has 5 nitrogen and oxygen atoms in total. The van der Waals surface area contributed by atoms with Gasteiger partial charge in [0.1, 0.15) is 0 Å². The van der Waals surface area contributed by atoms with Crippen LogP contribution < -0.4 is 4.72 Å². The van der Waals surface area contributed by atoms with E-state index in [9.17, 15) is 8.42 Å². The van der Waals surface area contributed by atoms with Crippen LogP contribution in [0.25, 0.3) is 10.9 Å². The van der Waals surface area contributed by atoms with Crippen LogP contribution in [0.15, 0.2) is 24.4 Å². The average Bonchev–Trinajstić information content (AvgIpc) is 3.16. The molecule has 0 amide bonds. The molecule has 2 aromatic rings. The second-order valence-electron chi connectivity index (χ2n) is 6.16. The largest absolute Gasteiger partial charge is 0.381 e. The van der Waals surface area contributed by atoms with E-state index in [-0.39, 0.29) is 11.7 Å². The van der Waals surface area contributed by atoms with Gasteiger partial charge in [-0.2, -0.15) is 0 Å². The fourth-order valence-corrected chi connectivity index (χ4v) is 4.62. The summed E-state index contributed by atoms with van der Waals surface area (Å²) in [5.41, 5.74) is 3.61. The smallest absolute Gasteiger partial charge is 0.211 e. The van der Waals surface area contributed by atoms with Gasteiger partial charge >= 0.3 is 0 Å². The van der Waals surface area contributed by atoms with Gasteiger partial charge in [-0.1, -0.05) is 25.1 Å². The van der Waals surface area contributed by atoms with Gasteiger partial charge in [0.05, 0.1) is 12.4 Å². The summed E-state index contributed by atoms with van der Waals surface area (Å²) in [6.07, 6.45) is 4.49. The minimum absolute atomic E-state index is 0.132. The molecule has 126 valence electrons. The second kappa shape index (κ2) is 7.03. The quantitative estimate of drug-likeness (QED) is 0.814. The van der Waals surface area contributed by atoms with Crippen molar-refractivity contribution in [2.75, 3.05) is 25.5 Å². The Bertz CT molecular complexity index is 761. The number of ether oxygens (including phenoxy) is 1. The molecule has 0 spiro atoms. The van der Waals surface area contributed by atoms with Crippen LogP contribution in [0, 0.1) is 5.92 Å². The van der Waals surface area contributed by atoms with Gasteiger partial charge in [-0.15, -0.1) is 0 Å². The number of para-hydroxylation sites is 1. The third-order valence-corrected chi connectivity index (χ3v) is 6.02. The zero-order valence-corrected chi connectivity index (χ0v) is 14.3. The van der Waals surface area contributed by atoms with Gasteiger partial charge in [0.15, 0.2) is 0 Å². The van der Waals surface area contributed by atoms with Crippen molar-refractivity contribution in [1.82, 2.24) is 9.71 Å². The number of benzene rings is 1. The van der Waals surface area contributed by atoms with Crippen LogP contribution in [0.5, 0.6) is 0 Å². The molecule has 1 aromatic carbocycles. The van der Waals surface area contributed by atoms with E-state index in [0.717, 1.165) is 23.9 Å². The first-order chi connectivity index (χ1) is 11.1. The second-order valence-corrected chi connectivity index (χ2v) is 8.01. The third-order valence-electron chi connectivity index (χ3n) is 4.46. The molecule has 23 heavy (non-hydrogen) atoms. The van der Waals surface area contributed by atoms with Crippen LogP contribution >= 0.6 is 0 Å². The molecule has 0 saturated carbocycles. The standard InChI is InChI=1S/C17H24N2O3S/c1-2-14-4-3-5-16-15(10-18-17(14)16)6-8-19-23(20,21)12-13-7-9-22-11-13/h3-5,10,13,18-19H,2,6-9,11-12H2,1H3/t13-/m0/s1. The average molecular weight is 336 g/mol. The molecule has 1 aliphatic rings. The first kappa shape index (κ1) is 16.5. The normalized spacial score (nSPS) is 18.7. The Labute approximate surface area is 137 Å². The van der Waals surface area contributed by atoms with E-state index in [4.69, 9.17) is 4.74 Å². The maximum atomic E-state index is 12.1. The highest BCUT2D eigenvalue weighted by Crippen LogP contribution is 2.22. The summed E-state index contributed by atoms with van der Waals surface area (Å²) in [5, 5.41) is 1.19. The molecule has 2 N–H and O–H groups in total. The summed E-state index contributed by atoms with van der Waals surface area (Å²) < 4.78 is 32.2. The maximum absolute atomic E-state index is 12.1. The van der Waals surface area contributed by atoms with Crippen molar-refractivity contribution in [2.45, 2.75) is 26.2 Å². The summed E-state index contributed by atoms with van der Waals surface area (Å²) in [4.78, 5) is 3.32. The van der Waals surface area contributed by atoms with Crippen LogP contribution in [0.2, 0.25) is 0 Å². The molecule has 1 aromatic heterocycles. The van der Waals surface area contributed by atoms with Crippen molar-refractivity contribution in [1.29, 1.82) is 0 Å². The highest BCUT2D eigenvalue weighted by atomic mass is 32.2. The van der Waals surface area contributed by atoms with Crippen molar-refractivity contribution in [3.8, 4) is 0 Å². The monoisotopic (exact) mass is 336 g/mol. The topological polar surface area (TPSA) is 71.2 Å². The number of fused-ring (bicyclic) bond motifs is 1. The minimum Gasteiger partial charge on any atom is -0.381 e. The van der Waals surface area contributed by atoms with Crippen LogP contribution in [-0.4, -0.2) is 38.9 Å². The Hall–Kier alpha value is -1.37. The number of aryl methyl sites for hydroxylation is 1. The molecule has 0 bridgehead atoms. The molecular weight excluding hydrogens is 312 g/mol. The number of hydrogen-bond acceptors (Lipinski definition) is 3. The fraction of sp³-hybridized carbons (Fsp3) is 0.529. The number of nitrogens with one attached hydrogen (secondary N) is 2. The van der Waals surface area contributed by atoms with Crippen LogP contribution in [0.4, 0.5) is 0 Å². The van der Waals surface area contributed by atoms with Crippen molar-refractivity contribution in [2.24, 2.45) is 5.92 Å². The predicted octanol–water partition coefficient (Wildman–Crippen LogP) is 2.23. The zero-order valence-electron chi connectivity index (χ0n) is 13.5. The SMILES string of the molecule is CCc1cccc2c(CCNS(=O)(=O)C[C@H]3CCOC3)c[nH]c12. The molecule has 3 rings (SSSR count). The van der Waals surface area contributed by atoms with Gasteiger partial charge in [-0.3, -0.25) is 0 Å². The molecule has 1 atom stereocenters. The first-order valence-corrected chi connectivity index (χ1v) is 9.87. The van der Waals surface area contributed by atoms with Gasteiger partial charge in [0.25, 0.3) is 0 Å². The summed E-state index contributed by atoms with van der Waals surface area (Å²) in [7, 11) is -3.22. The number of H-pyrrole nitrogens is 1. The lowest BCUT2D eigenvalue weighted by Crippen LogP contribution is -2.31. The summed E-state index contributed by atoms with van der Waals surface area (Å²) in [6.45, 7) is 3.80. The lowest BCUT2D eigenvalue weighted by Gasteiger charge is -2.10. The maximum Gasteiger partial charge on any atom is 0.211 e. The Morgan fingerprint density at radius 2 is 2.22 bits per heavy atom. The minimum atomic E-state index is -3.22. The Kier molecular flexibility index (Phi) is 5.04. The van der Waals surface area contributed by atoms with Crippen LogP contribution in [0.1, 0.15) is 24.5 Å². The van der Waals surface area contributed by atoms with Gasteiger partial charge < -0.3 is 9.72 Å². The van der Waals surface area contributed by atoms with E-state index in [2.05, 4.69) is 34.8 Å². The third kappa shape index (κ3) is 3.94. The Morgan fingerprint density at radius 1 is 1.35 bits per heavy atom. The summed E-state index contributed by atoms with van der Waals surface area (Å²) in [5.74, 6) is 0.300. The number of sulfonamides is 1. The molecule has 1 aliphatic heterocycles. The van der Waals surface area contributed by atoms with Crippen LogP contribution in [-0.2, 0) is 27.6 Å². The molecule has 1 saturated heterocycles. The molecule has 2 heterocycles. The lowest BCUT2D eigenvalue weighted by molar-refractivity contribution is 0.188. The van der Waals surface area contributed by atoms with Crippen LogP contribution in [0.3, 0.4) is 0 Å². The highest BCUT2D eigenvalue weighted by molar-refractivity contribution is 7.89. The molecule has 0 unspecified atom stereocenters. The first-order valence-electron chi connectivity index (χ1n) is 8.22. The molecule has 1 fully saturated rings. The fourth-order valence-electron chi connectivity index (χ4n) is 3.20. The van der Waals surface area contributed by atoms with Gasteiger partial charge in [0.2, 0.25) is 10.0 Å². The lowest BCUT2D eigenvalue weighted by atomic mass is 10.1. The van der Waals surface area contributed by atoms with E-state index in [1.54, 1.807) is 0 Å².